The van der Waals surface area contributed by atoms with E-state index in [0.29, 0.717) is 6.42 Å². The van der Waals surface area contributed by atoms with Crippen LogP contribution in [-0.4, -0.2) is 22.3 Å². The molecule has 1 atom stereocenters. The van der Waals surface area contributed by atoms with Gasteiger partial charge in [-0.15, -0.1) is 0 Å². The summed E-state index contributed by atoms with van der Waals surface area (Å²) >= 11 is 5.95. The predicted octanol–water partition coefficient (Wildman–Crippen LogP) is 1.84. The minimum atomic E-state index is -1.06. The van der Waals surface area contributed by atoms with Crippen LogP contribution in [0.4, 0.5) is 0 Å². The Morgan fingerprint density at radius 3 is 2.69 bits per heavy atom. The molecule has 86 valence electrons. The number of rotatable bonds is 5. The Bertz CT molecular complexity index is 379. The van der Waals surface area contributed by atoms with E-state index in [1.54, 1.807) is 0 Å². The molecule has 4 nitrogen and oxygen atoms in total. The average molecular weight is 241 g/mol. The second-order valence-corrected chi connectivity index (χ2v) is 3.82. The van der Waals surface area contributed by atoms with Crippen LogP contribution in [0.25, 0.3) is 0 Å². The van der Waals surface area contributed by atoms with Crippen LogP contribution >= 0.6 is 11.6 Å². The fourth-order valence-corrected chi connectivity index (χ4v) is 1.31. The molecule has 0 aromatic heterocycles. The molecule has 1 aromatic rings. The van der Waals surface area contributed by atoms with Crippen molar-refractivity contribution in [1.29, 1.82) is 0 Å². The van der Waals surface area contributed by atoms with Crippen molar-refractivity contribution in [3.63, 3.8) is 0 Å². The highest BCUT2D eigenvalue weighted by Gasteiger charge is 2.05. The number of hydrogen-bond donors (Lipinski definition) is 2. The molecule has 0 radical (unpaired) electrons. The molecule has 1 unspecified atom stereocenters. The standard InChI is InChI=1S/C11H13ClN2O2/c1-8(11(15)16)13-14-10(12)7-9-5-3-2-4-6-9/h2-6,10,14H,7H2,1H3,(H,15,16). The van der Waals surface area contributed by atoms with Crippen molar-refractivity contribution < 1.29 is 9.90 Å². The summed E-state index contributed by atoms with van der Waals surface area (Å²) in [6, 6.07) is 9.66. The molecule has 0 heterocycles. The van der Waals surface area contributed by atoms with Crippen LogP contribution in [-0.2, 0) is 11.2 Å². The number of benzene rings is 1. The van der Waals surface area contributed by atoms with E-state index in [0.717, 1.165) is 5.56 Å². The monoisotopic (exact) mass is 240 g/mol. The maximum Gasteiger partial charge on any atom is 0.351 e. The fraction of sp³-hybridized carbons (Fsp3) is 0.273. The quantitative estimate of drug-likeness (QED) is 0.357. The molecule has 0 aliphatic heterocycles. The smallest absolute Gasteiger partial charge is 0.351 e. The van der Waals surface area contributed by atoms with Crippen molar-refractivity contribution in [1.82, 2.24) is 5.43 Å². The normalized spacial score (nSPS) is 13.2. The van der Waals surface area contributed by atoms with Gasteiger partial charge in [-0.3, -0.25) is 5.43 Å². The topological polar surface area (TPSA) is 61.7 Å². The lowest BCUT2D eigenvalue weighted by Gasteiger charge is -2.09. The molecule has 0 aliphatic rings. The molecule has 0 amide bonds. The van der Waals surface area contributed by atoms with Gasteiger partial charge >= 0.3 is 5.97 Å². The Hall–Kier alpha value is -1.55. The van der Waals surface area contributed by atoms with Gasteiger partial charge < -0.3 is 5.11 Å². The number of nitrogens with one attached hydrogen (secondary N) is 1. The van der Waals surface area contributed by atoms with Crippen LogP contribution in [0.15, 0.2) is 35.4 Å². The molecule has 0 saturated carbocycles. The van der Waals surface area contributed by atoms with Gasteiger partial charge in [-0.25, -0.2) is 4.79 Å². The van der Waals surface area contributed by atoms with E-state index in [9.17, 15) is 4.79 Å². The largest absolute Gasteiger partial charge is 0.477 e. The zero-order valence-corrected chi connectivity index (χ0v) is 9.61. The highest BCUT2D eigenvalue weighted by molar-refractivity contribution is 6.34. The van der Waals surface area contributed by atoms with Gasteiger partial charge in [0.05, 0.1) is 0 Å². The number of hydrazone groups is 1. The summed E-state index contributed by atoms with van der Waals surface area (Å²) in [5.41, 5.74) is 3.22. The van der Waals surface area contributed by atoms with Crippen LogP contribution in [0.1, 0.15) is 12.5 Å². The van der Waals surface area contributed by atoms with E-state index < -0.39 is 11.5 Å². The van der Waals surface area contributed by atoms with Gasteiger partial charge in [0.15, 0.2) is 0 Å². The third-order valence-corrected chi connectivity index (χ3v) is 2.19. The number of nitrogens with zero attached hydrogens (tertiary/aromatic N) is 1. The molecular formula is C11H13ClN2O2. The van der Waals surface area contributed by atoms with Gasteiger partial charge in [0.1, 0.15) is 11.2 Å². The Balaban J connectivity index is 2.46. The summed E-state index contributed by atoms with van der Waals surface area (Å²) in [7, 11) is 0. The van der Waals surface area contributed by atoms with Crippen LogP contribution in [0.5, 0.6) is 0 Å². The van der Waals surface area contributed by atoms with Gasteiger partial charge in [-0.2, -0.15) is 5.10 Å². The Morgan fingerprint density at radius 2 is 2.12 bits per heavy atom. The van der Waals surface area contributed by atoms with Crippen LogP contribution in [0.3, 0.4) is 0 Å². The van der Waals surface area contributed by atoms with Crippen molar-refractivity contribution in [2.75, 3.05) is 0 Å². The molecule has 2 N–H and O–H groups in total. The van der Waals surface area contributed by atoms with Gasteiger partial charge in [0, 0.05) is 6.42 Å². The molecule has 0 bridgehead atoms. The number of carboxylic acid groups (broad SMARTS) is 1. The molecule has 5 heteroatoms. The van der Waals surface area contributed by atoms with E-state index in [1.165, 1.54) is 6.92 Å². The zero-order chi connectivity index (χ0) is 12.0. The maximum atomic E-state index is 10.5. The summed E-state index contributed by atoms with van der Waals surface area (Å²) in [4.78, 5) is 10.5. The Labute approximate surface area is 98.9 Å². The van der Waals surface area contributed by atoms with Crippen LogP contribution in [0.2, 0.25) is 0 Å². The first-order valence-electron chi connectivity index (χ1n) is 4.80. The highest BCUT2D eigenvalue weighted by Crippen LogP contribution is 2.05. The first-order valence-corrected chi connectivity index (χ1v) is 5.24. The van der Waals surface area contributed by atoms with Crippen molar-refractivity contribution in [3.8, 4) is 0 Å². The number of carboxylic acids is 1. The summed E-state index contributed by atoms with van der Waals surface area (Å²) in [6.07, 6.45) is 0.582. The summed E-state index contributed by atoms with van der Waals surface area (Å²) < 4.78 is 0. The fourth-order valence-electron chi connectivity index (χ4n) is 1.08. The Morgan fingerprint density at radius 1 is 1.50 bits per heavy atom. The molecule has 0 aliphatic carbocycles. The van der Waals surface area contributed by atoms with Gasteiger partial charge in [0.2, 0.25) is 0 Å². The number of hydrogen-bond acceptors (Lipinski definition) is 3. The second-order valence-electron chi connectivity index (χ2n) is 3.29. The lowest BCUT2D eigenvalue weighted by Crippen LogP contribution is -2.23. The van der Waals surface area contributed by atoms with E-state index >= 15 is 0 Å². The third-order valence-electron chi connectivity index (χ3n) is 1.94. The zero-order valence-electron chi connectivity index (χ0n) is 8.85. The van der Waals surface area contributed by atoms with Gasteiger partial charge in [-0.05, 0) is 12.5 Å². The first kappa shape index (κ1) is 12.5. The maximum absolute atomic E-state index is 10.5. The summed E-state index contributed by atoms with van der Waals surface area (Å²) in [6.45, 7) is 1.40. The van der Waals surface area contributed by atoms with E-state index in [4.69, 9.17) is 16.7 Å². The van der Waals surface area contributed by atoms with Gasteiger partial charge in [0.25, 0.3) is 0 Å². The SMILES string of the molecule is CC(=NNC(Cl)Cc1ccccc1)C(=O)O. The summed E-state index contributed by atoms with van der Waals surface area (Å²) in [5, 5.41) is 12.2. The first-order chi connectivity index (χ1) is 7.59. The molecule has 0 spiro atoms. The van der Waals surface area contributed by atoms with E-state index in [1.807, 2.05) is 30.3 Å². The molecular weight excluding hydrogens is 228 g/mol. The van der Waals surface area contributed by atoms with E-state index in [2.05, 4.69) is 10.5 Å². The van der Waals surface area contributed by atoms with Crippen LogP contribution < -0.4 is 5.43 Å². The minimum absolute atomic E-state index is 0.0151. The lowest BCUT2D eigenvalue weighted by molar-refractivity contribution is -0.129. The third kappa shape index (κ3) is 4.31. The van der Waals surface area contributed by atoms with E-state index in [-0.39, 0.29) is 5.71 Å². The van der Waals surface area contributed by atoms with Crippen LogP contribution in [0, 0.1) is 0 Å². The number of alkyl halides is 1. The van der Waals surface area contributed by atoms with Crippen molar-refractivity contribution >= 4 is 23.3 Å². The number of carbonyl (C=O) groups is 1. The molecule has 0 fully saturated rings. The summed E-state index contributed by atoms with van der Waals surface area (Å²) in [5.74, 6) is -1.06. The van der Waals surface area contributed by atoms with Crippen molar-refractivity contribution in [2.45, 2.75) is 18.8 Å². The second kappa shape index (κ2) is 6.12. The van der Waals surface area contributed by atoms with Gasteiger partial charge in [-0.1, -0.05) is 41.9 Å². The van der Waals surface area contributed by atoms with Crippen molar-refractivity contribution in [2.24, 2.45) is 5.10 Å². The predicted molar refractivity (Wildman–Crippen MR) is 63.7 cm³/mol. The molecule has 16 heavy (non-hydrogen) atoms. The number of aliphatic carboxylic acids is 1. The Kier molecular flexibility index (Phi) is 4.79. The number of halogens is 1. The molecule has 1 aromatic carbocycles. The molecule has 1 rings (SSSR count). The molecule has 0 saturated heterocycles. The average Bonchev–Trinajstić information content (AvgIpc) is 2.27. The lowest BCUT2D eigenvalue weighted by atomic mass is 10.1. The minimum Gasteiger partial charge on any atom is -0.477 e. The highest BCUT2D eigenvalue weighted by atomic mass is 35.5. The van der Waals surface area contributed by atoms with Crippen molar-refractivity contribution in [3.05, 3.63) is 35.9 Å².